The van der Waals surface area contributed by atoms with Crippen LogP contribution in [-0.2, 0) is 5.54 Å². The van der Waals surface area contributed by atoms with E-state index in [2.05, 4.69) is 30.5 Å². The number of aliphatic hydroxyl groups excluding tert-OH is 1. The molecule has 4 nitrogen and oxygen atoms in total. The van der Waals surface area contributed by atoms with Crippen LogP contribution in [-0.4, -0.2) is 38.0 Å². The summed E-state index contributed by atoms with van der Waals surface area (Å²) in [5.74, 6) is 0.879. The van der Waals surface area contributed by atoms with E-state index in [9.17, 15) is 5.11 Å². The van der Waals surface area contributed by atoms with Crippen molar-refractivity contribution in [2.45, 2.75) is 32.4 Å². The van der Waals surface area contributed by atoms with E-state index in [0.717, 1.165) is 17.9 Å². The van der Waals surface area contributed by atoms with Crippen molar-refractivity contribution in [1.82, 2.24) is 10.6 Å². The Bertz CT molecular complexity index is 380. The second-order valence-corrected chi connectivity index (χ2v) is 5.14. The van der Waals surface area contributed by atoms with Gasteiger partial charge in [-0.1, -0.05) is 25.1 Å². The van der Waals surface area contributed by atoms with Crippen molar-refractivity contribution in [1.29, 1.82) is 0 Å². The van der Waals surface area contributed by atoms with Crippen LogP contribution in [0.4, 0.5) is 0 Å². The number of para-hydroxylation sites is 1. The van der Waals surface area contributed by atoms with Gasteiger partial charge < -0.3 is 20.5 Å². The average molecular weight is 266 g/mol. The Hall–Kier alpha value is -1.10. The lowest BCUT2D eigenvalue weighted by molar-refractivity contribution is 0.228. The molecule has 0 amide bonds. The molecule has 0 bridgehead atoms. The molecule has 3 N–H and O–H groups in total. The molecule has 0 aliphatic carbocycles. The van der Waals surface area contributed by atoms with E-state index in [-0.39, 0.29) is 18.2 Å². The normalized spacial score (nSPS) is 13.3. The SMILES string of the molecule is CCN[C@@H](CO)CNC(C)(C)c1ccccc1OC. The predicted octanol–water partition coefficient (Wildman–Crippen LogP) is 1.49. The second kappa shape index (κ2) is 7.48. The lowest BCUT2D eigenvalue weighted by atomic mass is 9.93. The first kappa shape index (κ1) is 16.0. The van der Waals surface area contributed by atoms with Crippen LogP contribution in [0.5, 0.6) is 5.75 Å². The molecule has 4 heteroatoms. The van der Waals surface area contributed by atoms with Crippen LogP contribution < -0.4 is 15.4 Å². The van der Waals surface area contributed by atoms with Gasteiger partial charge in [-0.05, 0) is 26.5 Å². The molecule has 0 saturated heterocycles. The fourth-order valence-electron chi connectivity index (χ4n) is 2.12. The van der Waals surface area contributed by atoms with Gasteiger partial charge in [-0.2, -0.15) is 0 Å². The Morgan fingerprint density at radius 2 is 2.00 bits per heavy atom. The van der Waals surface area contributed by atoms with Crippen LogP contribution in [0.1, 0.15) is 26.3 Å². The number of likely N-dealkylation sites (N-methyl/N-ethyl adjacent to an activating group) is 1. The minimum Gasteiger partial charge on any atom is -0.496 e. The Labute approximate surface area is 116 Å². The molecule has 1 rings (SSSR count). The minimum atomic E-state index is -0.213. The maximum atomic E-state index is 9.30. The molecule has 0 aromatic heterocycles. The zero-order chi connectivity index (χ0) is 14.3. The van der Waals surface area contributed by atoms with Gasteiger partial charge in [0.1, 0.15) is 5.75 Å². The third-order valence-electron chi connectivity index (χ3n) is 3.28. The number of methoxy groups -OCH3 is 1. The highest BCUT2D eigenvalue weighted by Gasteiger charge is 2.24. The molecule has 0 fully saturated rings. The molecule has 0 saturated carbocycles. The lowest BCUT2D eigenvalue weighted by Gasteiger charge is -2.30. The molecule has 0 unspecified atom stereocenters. The summed E-state index contributed by atoms with van der Waals surface area (Å²) < 4.78 is 5.41. The summed E-state index contributed by atoms with van der Waals surface area (Å²) in [7, 11) is 1.68. The molecular formula is C15H26N2O2. The molecule has 0 heterocycles. The van der Waals surface area contributed by atoms with Gasteiger partial charge in [0, 0.05) is 23.7 Å². The summed E-state index contributed by atoms with van der Waals surface area (Å²) in [5, 5.41) is 16.0. The highest BCUT2D eigenvalue weighted by Crippen LogP contribution is 2.29. The van der Waals surface area contributed by atoms with E-state index in [4.69, 9.17) is 4.74 Å². The highest BCUT2D eigenvalue weighted by atomic mass is 16.5. The van der Waals surface area contributed by atoms with Crippen molar-refractivity contribution in [2.24, 2.45) is 0 Å². The van der Waals surface area contributed by atoms with E-state index in [1.54, 1.807) is 7.11 Å². The van der Waals surface area contributed by atoms with E-state index >= 15 is 0 Å². The average Bonchev–Trinajstić information content (AvgIpc) is 2.43. The Morgan fingerprint density at radius 3 is 2.58 bits per heavy atom. The molecule has 19 heavy (non-hydrogen) atoms. The summed E-state index contributed by atoms with van der Waals surface area (Å²) in [4.78, 5) is 0. The van der Waals surface area contributed by atoms with Gasteiger partial charge in [0.15, 0.2) is 0 Å². The number of nitrogens with one attached hydrogen (secondary N) is 2. The first-order valence-electron chi connectivity index (χ1n) is 6.78. The topological polar surface area (TPSA) is 53.5 Å². The van der Waals surface area contributed by atoms with Gasteiger partial charge in [-0.15, -0.1) is 0 Å². The predicted molar refractivity (Wildman–Crippen MR) is 78.6 cm³/mol. The molecule has 1 atom stereocenters. The number of benzene rings is 1. The van der Waals surface area contributed by atoms with Crippen LogP contribution in [0, 0.1) is 0 Å². The van der Waals surface area contributed by atoms with Gasteiger partial charge in [-0.3, -0.25) is 0 Å². The van der Waals surface area contributed by atoms with Crippen LogP contribution in [0.3, 0.4) is 0 Å². The van der Waals surface area contributed by atoms with Gasteiger partial charge >= 0.3 is 0 Å². The fourth-order valence-corrected chi connectivity index (χ4v) is 2.12. The van der Waals surface area contributed by atoms with Crippen molar-refractivity contribution in [3.63, 3.8) is 0 Å². The van der Waals surface area contributed by atoms with Crippen molar-refractivity contribution < 1.29 is 9.84 Å². The molecule has 0 aliphatic rings. The second-order valence-electron chi connectivity index (χ2n) is 5.14. The zero-order valence-corrected chi connectivity index (χ0v) is 12.4. The quantitative estimate of drug-likeness (QED) is 0.667. The summed E-state index contributed by atoms with van der Waals surface area (Å²) in [6.45, 7) is 7.95. The Morgan fingerprint density at radius 1 is 1.32 bits per heavy atom. The lowest BCUT2D eigenvalue weighted by Crippen LogP contribution is -2.47. The largest absolute Gasteiger partial charge is 0.496 e. The first-order chi connectivity index (χ1) is 9.05. The van der Waals surface area contributed by atoms with Crippen LogP contribution >= 0.6 is 0 Å². The van der Waals surface area contributed by atoms with Gasteiger partial charge in [-0.25, -0.2) is 0 Å². The Kier molecular flexibility index (Phi) is 6.28. The van der Waals surface area contributed by atoms with Gasteiger partial charge in [0.25, 0.3) is 0 Å². The van der Waals surface area contributed by atoms with Crippen LogP contribution in [0.2, 0.25) is 0 Å². The number of hydrogen-bond donors (Lipinski definition) is 3. The molecule has 0 radical (unpaired) electrons. The van der Waals surface area contributed by atoms with Crippen molar-refractivity contribution in [2.75, 3.05) is 26.8 Å². The molecule has 108 valence electrons. The standard InChI is InChI=1S/C15H26N2O2/c1-5-16-12(11-18)10-17-15(2,3)13-8-6-7-9-14(13)19-4/h6-9,12,16-18H,5,10-11H2,1-4H3/t12-/m1/s1. The first-order valence-corrected chi connectivity index (χ1v) is 6.78. The Balaban J connectivity index is 2.74. The maximum Gasteiger partial charge on any atom is 0.123 e. The molecule has 1 aromatic rings. The minimum absolute atomic E-state index is 0.0685. The van der Waals surface area contributed by atoms with E-state index in [1.807, 2.05) is 25.1 Å². The fraction of sp³-hybridized carbons (Fsp3) is 0.600. The number of rotatable bonds is 8. The summed E-state index contributed by atoms with van der Waals surface area (Å²) >= 11 is 0. The highest BCUT2D eigenvalue weighted by molar-refractivity contribution is 5.38. The smallest absolute Gasteiger partial charge is 0.123 e. The monoisotopic (exact) mass is 266 g/mol. The van der Waals surface area contributed by atoms with Gasteiger partial charge in [0.05, 0.1) is 13.7 Å². The van der Waals surface area contributed by atoms with Gasteiger partial charge in [0.2, 0.25) is 0 Å². The third kappa shape index (κ3) is 4.49. The summed E-state index contributed by atoms with van der Waals surface area (Å²) in [6, 6.07) is 8.07. The van der Waals surface area contributed by atoms with Crippen LogP contribution in [0.25, 0.3) is 0 Å². The molecular weight excluding hydrogens is 240 g/mol. The van der Waals surface area contributed by atoms with E-state index in [0.29, 0.717) is 6.54 Å². The van der Waals surface area contributed by atoms with Crippen LogP contribution in [0.15, 0.2) is 24.3 Å². The molecule has 1 aromatic carbocycles. The zero-order valence-electron chi connectivity index (χ0n) is 12.4. The third-order valence-corrected chi connectivity index (χ3v) is 3.28. The maximum absolute atomic E-state index is 9.30. The van der Waals surface area contributed by atoms with E-state index < -0.39 is 0 Å². The number of ether oxygens (including phenoxy) is 1. The molecule has 0 aliphatic heterocycles. The van der Waals surface area contributed by atoms with Crippen molar-refractivity contribution >= 4 is 0 Å². The summed E-state index contributed by atoms with van der Waals surface area (Å²) in [5.41, 5.74) is 0.904. The number of aliphatic hydroxyl groups is 1. The van der Waals surface area contributed by atoms with Crippen molar-refractivity contribution in [3.05, 3.63) is 29.8 Å². The van der Waals surface area contributed by atoms with E-state index in [1.165, 1.54) is 0 Å². The number of hydrogen-bond acceptors (Lipinski definition) is 4. The molecule has 0 spiro atoms. The van der Waals surface area contributed by atoms with Crippen molar-refractivity contribution in [3.8, 4) is 5.75 Å². The summed E-state index contributed by atoms with van der Waals surface area (Å²) in [6.07, 6.45) is 0.